The summed E-state index contributed by atoms with van der Waals surface area (Å²) in [6.45, 7) is 1.40. The first kappa shape index (κ1) is 13.3. The van der Waals surface area contributed by atoms with Crippen LogP contribution in [0.3, 0.4) is 0 Å². The lowest BCUT2D eigenvalue weighted by molar-refractivity contribution is 0.0591. The summed E-state index contributed by atoms with van der Waals surface area (Å²) in [6.07, 6.45) is 3.93. The lowest BCUT2D eigenvalue weighted by atomic mass is 10.2. The molecule has 3 heterocycles. The average Bonchev–Trinajstić information content (AvgIpc) is 3.07. The predicted octanol–water partition coefficient (Wildman–Crippen LogP) is 2.13. The van der Waals surface area contributed by atoms with Crippen LogP contribution in [0, 0.1) is 0 Å². The van der Waals surface area contributed by atoms with Gasteiger partial charge in [-0.3, -0.25) is 9.78 Å². The molecule has 1 amide bonds. The van der Waals surface area contributed by atoms with Crippen LogP contribution in [0.2, 0.25) is 0 Å². The van der Waals surface area contributed by atoms with Crippen LogP contribution in [0.25, 0.3) is 10.2 Å². The molecule has 5 nitrogen and oxygen atoms in total. The van der Waals surface area contributed by atoms with Crippen LogP contribution in [-0.2, 0) is 4.74 Å². The first-order valence-corrected chi connectivity index (χ1v) is 7.48. The molecule has 1 aliphatic heterocycles. The molecule has 1 fully saturated rings. The largest absolute Gasteiger partial charge is 0.396 e. The van der Waals surface area contributed by atoms with E-state index in [-0.39, 0.29) is 12.0 Å². The van der Waals surface area contributed by atoms with Gasteiger partial charge in [-0.25, -0.2) is 0 Å². The number of hydrogen-bond donors (Lipinski definition) is 1. The number of rotatable bonds is 3. The number of carbonyl (C=O) groups excluding carboxylic acids is 1. The van der Waals surface area contributed by atoms with E-state index >= 15 is 0 Å². The van der Waals surface area contributed by atoms with Gasteiger partial charge in [0.2, 0.25) is 0 Å². The van der Waals surface area contributed by atoms with E-state index in [9.17, 15) is 4.79 Å². The van der Waals surface area contributed by atoms with Gasteiger partial charge in [-0.05, 0) is 25.0 Å². The fourth-order valence-corrected chi connectivity index (χ4v) is 3.53. The maximum absolute atomic E-state index is 12.5. The molecule has 0 saturated carbocycles. The Morgan fingerprint density at radius 2 is 2.50 bits per heavy atom. The maximum Gasteiger partial charge on any atom is 0.265 e. The lowest BCUT2D eigenvalue weighted by Crippen LogP contribution is -2.33. The monoisotopic (exact) mass is 291 g/mol. The Morgan fingerprint density at radius 1 is 1.65 bits per heavy atom. The number of anilines is 1. The Balaban J connectivity index is 1.82. The molecule has 0 spiro atoms. The summed E-state index contributed by atoms with van der Waals surface area (Å²) in [4.78, 5) is 19.0. The van der Waals surface area contributed by atoms with Gasteiger partial charge in [0.05, 0.1) is 16.5 Å². The highest BCUT2D eigenvalue weighted by molar-refractivity contribution is 7.21. The van der Waals surface area contributed by atoms with Crippen molar-refractivity contribution in [1.82, 2.24) is 9.88 Å². The first-order chi connectivity index (χ1) is 9.66. The van der Waals surface area contributed by atoms with E-state index in [0.717, 1.165) is 24.1 Å². The molecule has 6 heteroatoms. The zero-order valence-corrected chi connectivity index (χ0v) is 12.2. The predicted molar refractivity (Wildman–Crippen MR) is 80.0 cm³/mol. The van der Waals surface area contributed by atoms with E-state index in [1.807, 2.05) is 12.1 Å². The minimum absolute atomic E-state index is 0.0546. The third-order valence-electron chi connectivity index (χ3n) is 3.52. The van der Waals surface area contributed by atoms with E-state index in [1.54, 1.807) is 18.1 Å². The van der Waals surface area contributed by atoms with Crippen molar-refractivity contribution in [3.05, 3.63) is 23.2 Å². The van der Waals surface area contributed by atoms with E-state index in [1.165, 1.54) is 11.3 Å². The van der Waals surface area contributed by atoms with Crippen molar-refractivity contribution in [1.29, 1.82) is 0 Å². The van der Waals surface area contributed by atoms with Crippen molar-refractivity contribution in [3.63, 3.8) is 0 Å². The number of hydrogen-bond acceptors (Lipinski definition) is 5. The quantitative estimate of drug-likeness (QED) is 0.940. The summed E-state index contributed by atoms with van der Waals surface area (Å²) in [5, 5.41) is 0. The third-order valence-corrected chi connectivity index (χ3v) is 4.67. The van der Waals surface area contributed by atoms with Crippen molar-refractivity contribution in [2.45, 2.75) is 18.9 Å². The number of fused-ring (bicyclic) bond motifs is 1. The highest BCUT2D eigenvalue weighted by Gasteiger charge is 2.24. The fourth-order valence-electron chi connectivity index (χ4n) is 2.46. The van der Waals surface area contributed by atoms with Gasteiger partial charge in [0.15, 0.2) is 0 Å². The second-order valence-corrected chi connectivity index (χ2v) is 6.07. The van der Waals surface area contributed by atoms with Crippen LogP contribution < -0.4 is 5.73 Å². The minimum Gasteiger partial charge on any atom is -0.396 e. The minimum atomic E-state index is -0.0546. The molecular formula is C14H17N3O2S. The molecule has 20 heavy (non-hydrogen) atoms. The van der Waals surface area contributed by atoms with Crippen molar-refractivity contribution in [3.8, 4) is 0 Å². The SMILES string of the molecule is CN(CC1CCCO1)C(=O)c1sc2cccnc2c1N. The maximum atomic E-state index is 12.5. The summed E-state index contributed by atoms with van der Waals surface area (Å²) in [7, 11) is 1.79. The first-order valence-electron chi connectivity index (χ1n) is 6.67. The summed E-state index contributed by atoms with van der Waals surface area (Å²) in [5.74, 6) is -0.0546. The van der Waals surface area contributed by atoms with E-state index in [0.29, 0.717) is 22.6 Å². The number of likely N-dealkylation sites (N-methyl/N-ethyl adjacent to an activating group) is 1. The Labute approximate surface area is 121 Å². The molecule has 3 rings (SSSR count). The van der Waals surface area contributed by atoms with Crippen molar-refractivity contribution >= 4 is 33.1 Å². The van der Waals surface area contributed by atoms with Crippen LogP contribution in [0.4, 0.5) is 5.69 Å². The molecule has 1 saturated heterocycles. The van der Waals surface area contributed by atoms with Gasteiger partial charge in [0, 0.05) is 26.4 Å². The van der Waals surface area contributed by atoms with Gasteiger partial charge >= 0.3 is 0 Å². The molecule has 2 aromatic rings. The molecule has 1 unspecified atom stereocenters. The number of nitrogen functional groups attached to an aromatic ring is 1. The fraction of sp³-hybridized carbons (Fsp3) is 0.429. The van der Waals surface area contributed by atoms with Crippen LogP contribution >= 0.6 is 11.3 Å². The Morgan fingerprint density at radius 3 is 3.20 bits per heavy atom. The van der Waals surface area contributed by atoms with Crippen molar-refractivity contribution in [2.24, 2.45) is 0 Å². The number of nitrogens with two attached hydrogens (primary N) is 1. The standard InChI is InChI=1S/C14H17N3O2S/c1-17(8-9-4-3-7-19-9)14(18)13-11(15)12-10(20-13)5-2-6-16-12/h2,5-6,9H,3-4,7-8,15H2,1H3. The number of nitrogens with zero attached hydrogens (tertiary/aromatic N) is 2. The number of aromatic nitrogens is 1. The molecule has 1 aliphatic rings. The molecule has 1 atom stereocenters. The van der Waals surface area contributed by atoms with Crippen molar-refractivity contribution in [2.75, 3.05) is 25.9 Å². The van der Waals surface area contributed by atoms with E-state index < -0.39 is 0 Å². The smallest absolute Gasteiger partial charge is 0.265 e. The topological polar surface area (TPSA) is 68.5 Å². The Kier molecular flexibility index (Phi) is 3.58. The molecule has 2 aromatic heterocycles. The van der Waals surface area contributed by atoms with E-state index in [2.05, 4.69) is 4.98 Å². The van der Waals surface area contributed by atoms with Crippen LogP contribution in [-0.4, -0.2) is 42.1 Å². The van der Waals surface area contributed by atoms with E-state index in [4.69, 9.17) is 10.5 Å². The number of thiophene rings is 1. The second-order valence-electron chi connectivity index (χ2n) is 5.02. The van der Waals surface area contributed by atoms with Gasteiger partial charge in [0.1, 0.15) is 10.4 Å². The lowest BCUT2D eigenvalue weighted by Gasteiger charge is -2.20. The Bertz CT molecular complexity index is 634. The molecule has 0 aromatic carbocycles. The van der Waals surface area contributed by atoms with Gasteiger partial charge < -0.3 is 15.4 Å². The molecular weight excluding hydrogens is 274 g/mol. The average molecular weight is 291 g/mol. The van der Waals surface area contributed by atoms with Crippen LogP contribution in [0.1, 0.15) is 22.5 Å². The summed E-state index contributed by atoms with van der Waals surface area (Å²) < 4.78 is 6.51. The van der Waals surface area contributed by atoms with Crippen LogP contribution in [0.5, 0.6) is 0 Å². The van der Waals surface area contributed by atoms with Crippen LogP contribution in [0.15, 0.2) is 18.3 Å². The molecule has 0 radical (unpaired) electrons. The summed E-state index contributed by atoms with van der Waals surface area (Å²) in [6, 6.07) is 3.78. The summed E-state index contributed by atoms with van der Waals surface area (Å²) in [5.41, 5.74) is 7.25. The third kappa shape index (κ3) is 2.36. The van der Waals surface area contributed by atoms with Gasteiger partial charge in [-0.2, -0.15) is 0 Å². The molecule has 0 aliphatic carbocycles. The summed E-state index contributed by atoms with van der Waals surface area (Å²) >= 11 is 1.40. The zero-order valence-electron chi connectivity index (χ0n) is 11.3. The molecule has 0 bridgehead atoms. The molecule has 106 valence electrons. The number of ether oxygens (including phenoxy) is 1. The number of carbonyl (C=O) groups is 1. The van der Waals surface area contributed by atoms with Gasteiger partial charge in [-0.15, -0.1) is 11.3 Å². The highest BCUT2D eigenvalue weighted by atomic mass is 32.1. The Hall–Kier alpha value is -1.66. The molecule has 2 N–H and O–H groups in total. The normalized spacial score (nSPS) is 18.6. The van der Waals surface area contributed by atoms with Crippen molar-refractivity contribution < 1.29 is 9.53 Å². The van der Waals surface area contributed by atoms with Gasteiger partial charge in [0.25, 0.3) is 5.91 Å². The number of pyridine rings is 1. The number of amides is 1. The van der Waals surface area contributed by atoms with Gasteiger partial charge in [-0.1, -0.05) is 0 Å². The second kappa shape index (κ2) is 5.38. The zero-order chi connectivity index (χ0) is 14.1. The highest BCUT2D eigenvalue weighted by Crippen LogP contribution is 2.32.